The van der Waals surface area contributed by atoms with Crippen molar-refractivity contribution >= 4 is 29.6 Å². The van der Waals surface area contributed by atoms with Gasteiger partial charge in [0, 0.05) is 29.6 Å². The van der Waals surface area contributed by atoms with Gasteiger partial charge in [-0.15, -0.1) is 0 Å². The van der Waals surface area contributed by atoms with E-state index in [2.05, 4.69) is 0 Å². The maximum atomic E-state index is 14.7. The quantitative estimate of drug-likeness (QED) is 0.167. The molecular weight excluding hydrogens is 852 g/mol. The van der Waals surface area contributed by atoms with Crippen molar-refractivity contribution in [3.05, 3.63) is 0 Å². The Balaban J connectivity index is 0.0000250. The summed E-state index contributed by atoms with van der Waals surface area (Å²) in [5.74, 6) is -112. The van der Waals surface area contributed by atoms with Crippen LogP contribution in [0.4, 0.5) is 136 Å². The Morgan fingerprint density at radius 1 is 0.333 bits per heavy atom. The number of ether oxygens (including phenoxy) is 2. The molecule has 1 radical (unpaired) electrons. The van der Waals surface area contributed by atoms with Gasteiger partial charge in [0.1, 0.15) is 0 Å². The Bertz CT molecular complexity index is 1290. The molecule has 0 aromatic rings. The predicted molar refractivity (Wildman–Crippen MR) is 88.2 cm³/mol. The number of hydrogen-bond donors (Lipinski definition) is 1. The summed E-state index contributed by atoms with van der Waals surface area (Å²) in [4.78, 5) is 0. The maximum Gasteiger partial charge on any atom is 0.460 e. The van der Waals surface area contributed by atoms with Gasteiger partial charge in [0.2, 0.25) is 0 Å². The fraction of sp³-hybridized carbons (Fsp3) is 1.00. The van der Waals surface area contributed by atoms with E-state index in [1.165, 1.54) is 9.47 Å². The minimum Gasteiger partial charge on any atom is -0.332 e. The molecule has 0 saturated carbocycles. The molecule has 2 atom stereocenters. The molecule has 3 nitrogen and oxygen atoms in total. The summed E-state index contributed by atoms with van der Waals surface area (Å²) < 4.78 is 418. The fourth-order valence-corrected chi connectivity index (χ4v) is 3.16. The van der Waals surface area contributed by atoms with Crippen LogP contribution in [0.3, 0.4) is 0 Å². The number of aliphatic hydroxyl groups is 1. The van der Waals surface area contributed by atoms with E-state index in [0.717, 1.165) is 0 Å². The summed E-state index contributed by atoms with van der Waals surface area (Å²) >= 11 is 0. The molecule has 1 aliphatic rings. The van der Waals surface area contributed by atoms with Crippen LogP contribution in [-0.2, 0) is 9.47 Å². The normalized spacial score (nSPS) is 24.5. The van der Waals surface area contributed by atoms with E-state index in [1.54, 1.807) is 0 Å². The van der Waals surface area contributed by atoms with E-state index in [0.29, 0.717) is 0 Å². The first kappa shape index (κ1) is 49.7. The number of rotatable bonds is 11. The van der Waals surface area contributed by atoms with Gasteiger partial charge in [-0.05, 0) is 0 Å². The Hall–Kier alpha value is -1.29. The standard InChI is InChI=1S/C16HF31O3.Na/c17-1(18,5(25,26)9(33,34)13(38,39)40)3(21,22)7(29,30)11(37)16(46,47)50-12(49-11,15(44,45)48)8(31,32)4(23,24)2(19,20)6(27,28)10(35,36)14(41,42)43;/h48H;. The van der Waals surface area contributed by atoms with Gasteiger partial charge in [-0.1, -0.05) is 0 Å². The first-order valence-corrected chi connectivity index (χ1v) is 10.4. The average molecular weight is 853 g/mol. The Kier molecular flexibility index (Phi) is 11.6. The van der Waals surface area contributed by atoms with Gasteiger partial charge < -0.3 is 5.11 Å². The van der Waals surface area contributed by atoms with Crippen molar-refractivity contribution in [2.24, 2.45) is 0 Å². The number of alkyl halides is 31. The van der Waals surface area contributed by atoms with Gasteiger partial charge in [-0.2, -0.15) is 136 Å². The molecule has 301 valence electrons. The van der Waals surface area contributed by atoms with Gasteiger partial charge >= 0.3 is 95.4 Å². The van der Waals surface area contributed by atoms with Crippen LogP contribution in [-0.4, -0.2) is 130 Å². The van der Waals surface area contributed by atoms with E-state index in [9.17, 15) is 136 Å². The van der Waals surface area contributed by atoms with Crippen molar-refractivity contribution in [1.82, 2.24) is 0 Å². The van der Waals surface area contributed by atoms with Crippen molar-refractivity contribution in [2.45, 2.75) is 95.4 Å². The van der Waals surface area contributed by atoms with E-state index in [-0.39, 0.29) is 29.6 Å². The molecule has 1 aliphatic heterocycles. The molecule has 0 amide bonds. The van der Waals surface area contributed by atoms with Gasteiger partial charge in [-0.3, -0.25) is 9.47 Å². The molecule has 0 aromatic carbocycles. The number of halogens is 31. The second-order valence-electron chi connectivity index (χ2n) is 9.21. The molecule has 1 saturated heterocycles. The third-order valence-corrected chi connectivity index (χ3v) is 6.01. The van der Waals surface area contributed by atoms with Crippen molar-refractivity contribution in [3.63, 3.8) is 0 Å². The zero-order chi connectivity index (χ0) is 41.4. The van der Waals surface area contributed by atoms with Crippen LogP contribution in [0.5, 0.6) is 0 Å². The molecule has 51 heavy (non-hydrogen) atoms. The number of hydrogen-bond acceptors (Lipinski definition) is 3. The second kappa shape index (κ2) is 11.9. The van der Waals surface area contributed by atoms with Gasteiger partial charge in [0.05, 0.1) is 0 Å². The zero-order valence-electron chi connectivity index (χ0n) is 22.0. The molecule has 0 aromatic heterocycles. The van der Waals surface area contributed by atoms with Crippen LogP contribution in [0.2, 0.25) is 0 Å². The minimum absolute atomic E-state index is 0. The van der Waals surface area contributed by atoms with E-state index in [1.807, 2.05) is 0 Å². The molecular formula is C16HF31NaO3. The molecule has 35 heteroatoms. The van der Waals surface area contributed by atoms with Crippen molar-refractivity contribution in [1.29, 1.82) is 0 Å². The summed E-state index contributed by atoms with van der Waals surface area (Å²) in [5, 5.41) is 8.26. The van der Waals surface area contributed by atoms with Crippen LogP contribution in [0, 0.1) is 0 Å². The Morgan fingerprint density at radius 3 is 0.804 bits per heavy atom. The molecule has 1 N–H and O–H groups in total. The first-order valence-electron chi connectivity index (χ1n) is 10.4. The average Bonchev–Trinajstić information content (AvgIpc) is 3.09. The van der Waals surface area contributed by atoms with Gasteiger partial charge in [0.25, 0.3) is 0 Å². The zero-order valence-corrected chi connectivity index (χ0v) is 24.0. The van der Waals surface area contributed by atoms with E-state index in [4.69, 9.17) is 5.11 Å². The van der Waals surface area contributed by atoms with Crippen molar-refractivity contribution in [3.8, 4) is 0 Å². The largest absolute Gasteiger partial charge is 0.460 e. The monoisotopic (exact) mass is 853 g/mol. The smallest absolute Gasteiger partial charge is 0.332 e. The van der Waals surface area contributed by atoms with Crippen LogP contribution in [0.25, 0.3) is 0 Å². The summed E-state index contributed by atoms with van der Waals surface area (Å²) in [6.07, 6.45) is -33.8. The Morgan fingerprint density at radius 2 is 0.569 bits per heavy atom. The van der Waals surface area contributed by atoms with Gasteiger partial charge in [-0.25, -0.2) is 0 Å². The van der Waals surface area contributed by atoms with Crippen LogP contribution >= 0.6 is 0 Å². The first-order chi connectivity index (χ1) is 20.9. The molecule has 1 fully saturated rings. The van der Waals surface area contributed by atoms with E-state index >= 15 is 0 Å². The van der Waals surface area contributed by atoms with Crippen LogP contribution in [0.1, 0.15) is 0 Å². The third kappa shape index (κ3) is 5.69. The Labute approximate surface area is 276 Å². The second-order valence-corrected chi connectivity index (χ2v) is 9.21. The molecule has 0 bridgehead atoms. The predicted octanol–water partition coefficient (Wildman–Crippen LogP) is 8.67. The molecule has 2 unspecified atom stereocenters. The molecule has 0 aliphatic carbocycles. The molecule has 0 spiro atoms. The summed E-state index contributed by atoms with van der Waals surface area (Å²) in [6.45, 7) is 0. The third-order valence-electron chi connectivity index (χ3n) is 6.01. The summed E-state index contributed by atoms with van der Waals surface area (Å²) in [7, 11) is 0. The molecule has 1 heterocycles. The fourth-order valence-electron chi connectivity index (χ4n) is 3.16. The maximum absolute atomic E-state index is 14.7. The molecule has 1 rings (SSSR count). The van der Waals surface area contributed by atoms with Gasteiger partial charge in [0.15, 0.2) is 0 Å². The topological polar surface area (TPSA) is 38.7 Å². The van der Waals surface area contributed by atoms with Crippen LogP contribution < -0.4 is 0 Å². The van der Waals surface area contributed by atoms with E-state index < -0.39 is 95.4 Å². The minimum atomic E-state index is -9.69. The van der Waals surface area contributed by atoms with Crippen molar-refractivity contribution < 1.29 is 151 Å². The van der Waals surface area contributed by atoms with Crippen molar-refractivity contribution in [2.75, 3.05) is 0 Å². The van der Waals surface area contributed by atoms with Crippen LogP contribution in [0.15, 0.2) is 0 Å². The SMILES string of the molecule is OC(F)(F)C1(C(F)(F)C(F)(F)C(F)(F)C(F)(F)C(F)(F)C(F)(F)F)OC(F)(F)C(F)(C(F)(F)C(F)(F)C(F)(F)C(F)(F)C(F)(F)C(F)(F)F)O1.[Na]. The summed E-state index contributed by atoms with van der Waals surface area (Å²) in [6, 6.07) is 0. The summed E-state index contributed by atoms with van der Waals surface area (Å²) in [5.41, 5.74) is 0.